The van der Waals surface area contributed by atoms with Gasteiger partial charge in [0.1, 0.15) is 12.6 Å². The van der Waals surface area contributed by atoms with E-state index >= 15 is 0 Å². The van der Waals surface area contributed by atoms with Crippen molar-refractivity contribution in [3.63, 3.8) is 0 Å². The Labute approximate surface area is 214 Å². The predicted octanol–water partition coefficient (Wildman–Crippen LogP) is 5.52. The molecule has 7 nitrogen and oxygen atoms in total. The maximum Gasteiger partial charge on any atom is 0.328 e. The van der Waals surface area contributed by atoms with E-state index in [-0.39, 0.29) is 4.91 Å². The van der Waals surface area contributed by atoms with E-state index in [9.17, 15) is 14.4 Å². The molecule has 0 saturated carbocycles. The lowest BCUT2D eigenvalue weighted by molar-refractivity contribution is -0.148. The van der Waals surface area contributed by atoms with Gasteiger partial charge in [-0.25, -0.2) is 4.79 Å². The van der Waals surface area contributed by atoms with Crippen molar-refractivity contribution < 1.29 is 28.6 Å². The third-order valence-electron chi connectivity index (χ3n) is 4.68. The fraction of sp³-hybridized carbons (Fsp3) is 0.261. The molecule has 0 unspecified atom stereocenters. The van der Waals surface area contributed by atoms with Crippen molar-refractivity contribution in [3.05, 3.63) is 61.0 Å². The average Bonchev–Trinajstić information content (AvgIpc) is 3.06. The number of thioether (sulfide) groups is 1. The normalized spacial score (nSPS) is 15.7. The number of amides is 2. The van der Waals surface area contributed by atoms with E-state index in [0.717, 1.165) is 25.8 Å². The van der Waals surface area contributed by atoms with Crippen LogP contribution in [-0.4, -0.2) is 41.8 Å². The number of ether oxygens (including phenoxy) is 3. The first-order valence-corrected chi connectivity index (χ1v) is 12.2. The minimum atomic E-state index is -1.02. The van der Waals surface area contributed by atoms with Gasteiger partial charge in [0.05, 0.1) is 23.6 Å². The lowest BCUT2D eigenvalue weighted by Crippen LogP contribution is -2.42. The summed E-state index contributed by atoms with van der Waals surface area (Å²) in [4.78, 5) is 37.9. The number of esters is 1. The van der Waals surface area contributed by atoms with Crippen LogP contribution >= 0.6 is 46.0 Å². The number of hydrogen-bond donors (Lipinski definition) is 0. The van der Waals surface area contributed by atoms with Crippen LogP contribution in [0.25, 0.3) is 6.08 Å². The minimum Gasteiger partial charge on any atom is -0.490 e. The average molecular weight is 602 g/mol. The second-order valence-corrected chi connectivity index (χ2v) is 9.58. The highest BCUT2D eigenvalue weighted by atomic mass is 127. The summed E-state index contributed by atoms with van der Waals surface area (Å²) in [5.41, 5.74) is 1.53. The minimum absolute atomic E-state index is 0.168. The van der Waals surface area contributed by atoms with E-state index in [1.165, 1.54) is 20.1 Å². The van der Waals surface area contributed by atoms with Gasteiger partial charge in [0.15, 0.2) is 11.5 Å². The third kappa shape index (κ3) is 6.01. The zero-order chi connectivity index (χ0) is 24.1. The Morgan fingerprint density at radius 2 is 1.91 bits per heavy atom. The van der Waals surface area contributed by atoms with Gasteiger partial charge in [0, 0.05) is 3.57 Å². The molecule has 2 aromatic carbocycles. The summed E-state index contributed by atoms with van der Waals surface area (Å²) >= 11 is 9.47. The second kappa shape index (κ2) is 11.3. The van der Waals surface area contributed by atoms with Crippen LogP contribution in [0.1, 0.15) is 25.0 Å². The van der Waals surface area contributed by atoms with Crippen LogP contribution in [0.4, 0.5) is 4.79 Å². The maximum absolute atomic E-state index is 12.7. The molecule has 33 heavy (non-hydrogen) atoms. The number of carbonyl (C=O) groups excluding carboxylic acids is 3. The summed E-state index contributed by atoms with van der Waals surface area (Å²) in [7, 11) is 1.20. The zero-order valence-corrected chi connectivity index (χ0v) is 21.8. The van der Waals surface area contributed by atoms with E-state index in [4.69, 9.17) is 21.1 Å². The van der Waals surface area contributed by atoms with Crippen LogP contribution in [-0.2, 0) is 20.9 Å². The van der Waals surface area contributed by atoms with Gasteiger partial charge in [0.2, 0.25) is 0 Å². The molecule has 174 valence electrons. The van der Waals surface area contributed by atoms with Crippen molar-refractivity contribution in [3.8, 4) is 11.5 Å². The van der Waals surface area contributed by atoms with E-state index < -0.39 is 23.2 Å². The topological polar surface area (TPSA) is 82.1 Å². The van der Waals surface area contributed by atoms with Crippen molar-refractivity contribution in [2.24, 2.45) is 0 Å². The summed E-state index contributed by atoms with van der Waals surface area (Å²) < 4.78 is 17.4. The number of carbonyl (C=O) groups is 3. The Morgan fingerprint density at radius 1 is 1.21 bits per heavy atom. The fourth-order valence-electron chi connectivity index (χ4n) is 3.05. The van der Waals surface area contributed by atoms with Gasteiger partial charge in [-0.2, -0.15) is 0 Å². The first-order chi connectivity index (χ1) is 15.7. The molecule has 1 atom stereocenters. The molecule has 0 N–H and O–H groups in total. The van der Waals surface area contributed by atoms with Crippen molar-refractivity contribution in [2.45, 2.75) is 26.5 Å². The second-order valence-electron chi connectivity index (χ2n) is 6.93. The lowest BCUT2D eigenvalue weighted by atomic mass is 10.1. The molecule has 0 aliphatic carbocycles. The Bertz CT molecular complexity index is 1100. The Hall–Kier alpha value is -2.24. The number of imide groups is 1. The standard InChI is InChI=1S/C23H21ClINO6S/c1-4-31-18-10-15(9-17(24)20(18)32-12-14-5-7-16(25)8-6-14)11-19-21(27)26(23(29)33-19)13(2)22(28)30-3/h5-11,13H,4,12H2,1-3H3/b19-11+/t13-/m1/s1. The first-order valence-electron chi connectivity index (χ1n) is 9.93. The molecule has 10 heteroatoms. The molecule has 1 fully saturated rings. The molecule has 1 saturated heterocycles. The van der Waals surface area contributed by atoms with E-state index in [1.54, 1.807) is 12.1 Å². The van der Waals surface area contributed by atoms with E-state index in [2.05, 4.69) is 27.3 Å². The smallest absolute Gasteiger partial charge is 0.328 e. The van der Waals surface area contributed by atoms with Gasteiger partial charge in [-0.3, -0.25) is 14.5 Å². The largest absolute Gasteiger partial charge is 0.490 e. The molecular formula is C23H21ClINO6S. The number of rotatable bonds is 8. The van der Waals surface area contributed by atoms with Crippen molar-refractivity contribution in [1.82, 2.24) is 4.90 Å². The Balaban J connectivity index is 1.86. The molecule has 0 spiro atoms. The molecular weight excluding hydrogens is 581 g/mol. The molecule has 2 amide bonds. The summed E-state index contributed by atoms with van der Waals surface area (Å²) in [6, 6.07) is 10.2. The van der Waals surface area contributed by atoms with Crippen LogP contribution in [0.5, 0.6) is 11.5 Å². The molecule has 0 bridgehead atoms. The molecule has 3 rings (SSSR count). The molecule has 2 aromatic rings. The van der Waals surface area contributed by atoms with Gasteiger partial charge in [-0.15, -0.1) is 0 Å². The van der Waals surface area contributed by atoms with Crippen LogP contribution in [0.15, 0.2) is 41.3 Å². The predicted molar refractivity (Wildman–Crippen MR) is 135 cm³/mol. The van der Waals surface area contributed by atoms with Crippen molar-refractivity contribution in [1.29, 1.82) is 0 Å². The number of nitrogens with zero attached hydrogens (tertiary/aromatic N) is 1. The summed E-state index contributed by atoms with van der Waals surface area (Å²) in [5, 5.41) is -0.238. The highest BCUT2D eigenvalue weighted by Crippen LogP contribution is 2.40. The van der Waals surface area contributed by atoms with Gasteiger partial charge in [-0.1, -0.05) is 23.7 Å². The van der Waals surface area contributed by atoms with Gasteiger partial charge in [-0.05, 0) is 89.7 Å². The summed E-state index contributed by atoms with van der Waals surface area (Å²) in [6.07, 6.45) is 1.53. The monoisotopic (exact) mass is 601 g/mol. The molecule has 1 aliphatic heterocycles. The Kier molecular flexibility index (Phi) is 8.66. The van der Waals surface area contributed by atoms with Crippen LogP contribution in [0.3, 0.4) is 0 Å². The molecule has 1 aliphatic rings. The van der Waals surface area contributed by atoms with Crippen LogP contribution < -0.4 is 9.47 Å². The number of halogens is 2. The zero-order valence-electron chi connectivity index (χ0n) is 18.1. The highest BCUT2D eigenvalue weighted by molar-refractivity contribution is 14.1. The SMILES string of the molecule is CCOc1cc(/C=C2/SC(=O)N([C@H](C)C(=O)OC)C2=O)cc(Cl)c1OCc1ccc(I)cc1. The lowest BCUT2D eigenvalue weighted by Gasteiger charge is -2.18. The van der Waals surface area contributed by atoms with Crippen LogP contribution in [0, 0.1) is 3.57 Å². The number of hydrogen-bond acceptors (Lipinski definition) is 7. The third-order valence-corrected chi connectivity index (χ3v) is 6.56. The van der Waals surface area contributed by atoms with Crippen molar-refractivity contribution in [2.75, 3.05) is 13.7 Å². The van der Waals surface area contributed by atoms with Crippen LogP contribution in [0.2, 0.25) is 5.02 Å². The van der Waals surface area contributed by atoms with E-state index in [0.29, 0.717) is 35.3 Å². The van der Waals surface area contributed by atoms with E-state index in [1.807, 2.05) is 31.2 Å². The fourth-order valence-corrected chi connectivity index (χ4v) is 4.59. The van der Waals surface area contributed by atoms with Gasteiger partial charge >= 0.3 is 5.97 Å². The van der Waals surface area contributed by atoms with Gasteiger partial charge < -0.3 is 14.2 Å². The Morgan fingerprint density at radius 3 is 2.55 bits per heavy atom. The number of benzene rings is 2. The number of methoxy groups -OCH3 is 1. The highest BCUT2D eigenvalue weighted by Gasteiger charge is 2.41. The molecule has 0 radical (unpaired) electrons. The molecule has 0 aromatic heterocycles. The van der Waals surface area contributed by atoms with Gasteiger partial charge in [0.25, 0.3) is 11.1 Å². The van der Waals surface area contributed by atoms with Crippen molar-refractivity contribution >= 4 is 69.1 Å². The summed E-state index contributed by atoms with van der Waals surface area (Å²) in [5.74, 6) is -0.434. The maximum atomic E-state index is 12.7. The molecule has 1 heterocycles. The quantitative estimate of drug-likeness (QED) is 0.224. The summed E-state index contributed by atoms with van der Waals surface area (Å²) in [6.45, 7) is 3.96. The first kappa shape index (κ1) is 25.4.